The van der Waals surface area contributed by atoms with Crippen molar-refractivity contribution in [1.29, 1.82) is 0 Å². The minimum atomic E-state index is -0.749. The molecular weight excluding hydrogens is 383 g/mol. The molecule has 0 unspecified atom stereocenters. The smallest absolute Gasteiger partial charge is 0.256 e. The number of benzene rings is 2. The molecule has 1 fully saturated rings. The fourth-order valence-corrected chi connectivity index (χ4v) is 4.96. The third-order valence-electron chi connectivity index (χ3n) is 6.46. The molecule has 2 aromatic rings. The summed E-state index contributed by atoms with van der Waals surface area (Å²) < 4.78 is 13.4. The summed E-state index contributed by atoms with van der Waals surface area (Å²) in [7, 11) is 1.63. The van der Waals surface area contributed by atoms with Crippen molar-refractivity contribution >= 4 is 11.5 Å². The molecule has 0 aromatic heterocycles. The van der Waals surface area contributed by atoms with Crippen molar-refractivity contribution < 1.29 is 19.1 Å². The average Bonchev–Trinajstić information content (AvgIpc) is 2.94. The second kappa shape index (κ2) is 7.52. The number of aliphatic hydroxyl groups is 1. The van der Waals surface area contributed by atoms with Crippen molar-refractivity contribution in [1.82, 2.24) is 10.4 Å². The highest BCUT2D eigenvalue weighted by atomic mass is 19.1. The Bertz CT molecular complexity index is 1040. The molecule has 6 heteroatoms. The Hall–Kier alpha value is -2.70. The van der Waals surface area contributed by atoms with E-state index in [0.717, 1.165) is 33.4 Å². The molecule has 4 rings (SSSR count). The number of rotatable bonds is 3. The van der Waals surface area contributed by atoms with Crippen LogP contribution in [-0.4, -0.2) is 41.8 Å². The molecule has 2 aromatic carbocycles. The molecule has 1 saturated heterocycles. The van der Waals surface area contributed by atoms with Gasteiger partial charge in [0, 0.05) is 13.1 Å². The van der Waals surface area contributed by atoms with Crippen LogP contribution < -0.4 is 5.32 Å². The number of hydrogen-bond acceptors (Lipinski definition) is 4. The van der Waals surface area contributed by atoms with Gasteiger partial charge < -0.3 is 15.3 Å². The number of piperidine rings is 1. The van der Waals surface area contributed by atoms with Gasteiger partial charge in [-0.3, -0.25) is 4.79 Å². The Morgan fingerprint density at radius 3 is 2.27 bits per heavy atom. The topological polar surface area (TPSA) is 61.8 Å². The number of amides is 1. The Morgan fingerprint density at radius 2 is 1.67 bits per heavy atom. The lowest BCUT2D eigenvalue weighted by molar-refractivity contribution is -0.152. The van der Waals surface area contributed by atoms with E-state index in [1.807, 2.05) is 31.9 Å². The standard InChI is InChI=1S/C24H27FN2O3/c1-14-13-15(2)20(16(3)19(14)17-5-7-18(25)8-6-17)21-22(28)24(26-23(21)29)9-11-27(30-4)12-10-24/h5-8,13,28H,9-12H2,1-4H3,(H,26,29). The molecule has 158 valence electrons. The van der Waals surface area contributed by atoms with Crippen molar-refractivity contribution in [2.45, 2.75) is 39.2 Å². The number of carbonyl (C=O) groups excluding carboxylic acids is 1. The summed E-state index contributed by atoms with van der Waals surface area (Å²) in [6.07, 6.45) is 1.16. The minimum absolute atomic E-state index is 0.114. The number of hydroxylamine groups is 2. The van der Waals surface area contributed by atoms with E-state index in [9.17, 15) is 14.3 Å². The first kappa shape index (κ1) is 20.6. The predicted octanol–water partition coefficient (Wildman–Crippen LogP) is 4.21. The van der Waals surface area contributed by atoms with Gasteiger partial charge in [0.1, 0.15) is 17.1 Å². The zero-order chi connectivity index (χ0) is 21.6. The molecule has 0 saturated carbocycles. The molecule has 2 aliphatic heterocycles. The lowest BCUT2D eigenvalue weighted by atomic mass is 9.83. The highest BCUT2D eigenvalue weighted by Crippen LogP contribution is 2.42. The first-order valence-corrected chi connectivity index (χ1v) is 10.2. The average molecular weight is 410 g/mol. The van der Waals surface area contributed by atoms with Gasteiger partial charge in [0.05, 0.1) is 12.7 Å². The maximum atomic E-state index is 13.4. The van der Waals surface area contributed by atoms with Crippen LogP contribution >= 0.6 is 0 Å². The quantitative estimate of drug-likeness (QED) is 0.796. The van der Waals surface area contributed by atoms with Gasteiger partial charge in [0.15, 0.2) is 0 Å². The monoisotopic (exact) mass is 410 g/mol. The van der Waals surface area contributed by atoms with Crippen molar-refractivity contribution in [3.63, 3.8) is 0 Å². The second-order valence-corrected chi connectivity index (χ2v) is 8.26. The first-order valence-electron chi connectivity index (χ1n) is 10.2. The Balaban J connectivity index is 1.85. The molecule has 0 aliphatic carbocycles. The van der Waals surface area contributed by atoms with Crippen LogP contribution in [0.5, 0.6) is 0 Å². The van der Waals surface area contributed by atoms with Crippen LogP contribution in [0.25, 0.3) is 16.7 Å². The molecule has 2 heterocycles. The van der Waals surface area contributed by atoms with Crippen molar-refractivity contribution in [2.24, 2.45) is 0 Å². The number of aliphatic hydroxyl groups excluding tert-OH is 1. The van der Waals surface area contributed by atoms with E-state index in [1.165, 1.54) is 12.1 Å². The fraction of sp³-hybridized carbons (Fsp3) is 0.375. The maximum absolute atomic E-state index is 13.4. The van der Waals surface area contributed by atoms with Gasteiger partial charge in [0.2, 0.25) is 0 Å². The van der Waals surface area contributed by atoms with Crippen LogP contribution in [-0.2, 0) is 9.63 Å². The van der Waals surface area contributed by atoms with E-state index in [0.29, 0.717) is 31.5 Å². The van der Waals surface area contributed by atoms with Crippen LogP contribution in [0.15, 0.2) is 36.1 Å². The number of aryl methyl sites for hydroxylation is 2. The number of nitrogens with one attached hydrogen (secondary N) is 1. The van der Waals surface area contributed by atoms with Gasteiger partial charge in [-0.05, 0) is 79.1 Å². The van der Waals surface area contributed by atoms with Gasteiger partial charge in [-0.2, -0.15) is 5.06 Å². The lowest BCUT2D eigenvalue weighted by Crippen LogP contribution is -2.52. The Morgan fingerprint density at radius 1 is 1.07 bits per heavy atom. The van der Waals surface area contributed by atoms with E-state index in [2.05, 4.69) is 5.32 Å². The lowest BCUT2D eigenvalue weighted by Gasteiger charge is -2.37. The Kier molecular flexibility index (Phi) is 5.16. The molecular formula is C24H27FN2O3. The number of hydrogen-bond donors (Lipinski definition) is 2. The third kappa shape index (κ3) is 3.20. The summed E-state index contributed by atoms with van der Waals surface area (Å²) >= 11 is 0. The summed E-state index contributed by atoms with van der Waals surface area (Å²) in [5, 5.41) is 16.1. The van der Waals surface area contributed by atoms with Crippen LogP contribution in [0.1, 0.15) is 35.1 Å². The van der Waals surface area contributed by atoms with E-state index in [4.69, 9.17) is 4.84 Å². The van der Waals surface area contributed by atoms with E-state index in [-0.39, 0.29) is 17.5 Å². The fourth-order valence-electron chi connectivity index (χ4n) is 4.96. The van der Waals surface area contributed by atoms with Crippen molar-refractivity contribution in [2.75, 3.05) is 20.2 Å². The molecule has 1 spiro atoms. The minimum Gasteiger partial charge on any atom is -0.509 e. The molecule has 0 bridgehead atoms. The first-order chi connectivity index (χ1) is 14.3. The molecule has 30 heavy (non-hydrogen) atoms. The SMILES string of the molecule is CON1CCC2(CC1)NC(=O)C(c1c(C)cc(C)c(-c3ccc(F)cc3)c1C)=C2O. The van der Waals surface area contributed by atoms with E-state index < -0.39 is 5.54 Å². The largest absolute Gasteiger partial charge is 0.509 e. The zero-order valence-corrected chi connectivity index (χ0v) is 17.8. The van der Waals surface area contributed by atoms with Crippen molar-refractivity contribution in [3.05, 3.63) is 64.2 Å². The summed E-state index contributed by atoms with van der Waals surface area (Å²) in [6.45, 7) is 7.17. The van der Waals surface area contributed by atoms with Gasteiger partial charge >= 0.3 is 0 Å². The van der Waals surface area contributed by atoms with Gasteiger partial charge in [-0.1, -0.05) is 18.2 Å². The molecule has 1 amide bonds. The second-order valence-electron chi connectivity index (χ2n) is 8.26. The van der Waals surface area contributed by atoms with E-state index in [1.54, 1.807) is 19.2 Å². The normalized spacial score (nSPS) is 18.9. The van der Waals surface area contributed by atoms with Crippen LogP contribution in [0.4, 0.5) is 4.39 Å². The number of nitrogens with zero attached hydrogens (tertiary/aromatic N) is 1. The molecule has 2 N–H and O–H groups in total. The zero-order valence-electron chi connectivity index (χ0n) is 17.8. The maximum Gasteiger partial charge on any atom is 0.256 e. The highest BCUT2D eigenvalue weighted by molar-refractivity contribution is 6.24. The third-order valence-corrected chi connectivity index (χ3v) is 6.46. The molecule has 0 radical (unpaired) electrons. The summed E-state index contributed by atoms with van der Waals surface area (Å²) in [5.74, 6) is -0.428. The van der Waals surface area contributed by atoms with Crippen LogP contribution in [0, 0.1) is 26.6 Å². The summed E-state index contributed by atoms with van der Waals surface area (Å²) in [6, 6.07) is 8.38. The van der Waals surface area contributed by atoms with Crippen molar-refractivity contribution in [3.8, 4) is 11.1 Å². The number of halogens is 1. The van der Waals surface area contributed by atoms with E-state index >= 15 is 0 Å². The predicted molar refractivity (Wildman–Crippen MR) is 114 cm³/mol. The summed E-state index contributed by atoms with van der Waals surface area (Å²) in [5.41, 5.74) is 5.07. The highest BCUT2D eigenvalue weighted by Gasteiger charge is 2.48. The molecule has 5 nitrogen and oxygen atoms in total. The molecule has 0 atom stereocenters. The van der Waals surface area contributed by atoms with Gasteiger partial charge in [0.25, 0.3) is 5.91 Å². The Labute approximate surface area is 176 Å². The summed E-state index contributed by atoms with van der Waals surface area (Å²) in [4.78, 5) is 18.4. The molecule has 2 aliphatic rings. The number of carbonyl (C=O) groups is 1. The van der Waals surface area contributed by atoms with Gasteiger partial charge in [-0.25, -0.2) is 4.39 Å². The van der Waals surface area contributed by atoms with Crippen LogP contribution in [0.2, 0.25) is 0 Å². The van der Waals surface area contributed by atoms with Crippen LogP contribution in [0.3, 0.4) is 0 Å². The van der Waals surface area contributed by atoms with Gasteiger partial charge in [-0.15, -0.1) is 0 Å².